The van der Waals surface area contributed by atoms with E-state index >= 15 is 0 Å². The second-order valence-corrected chi connectivity index (χ2v) is 17.0. The standard InChI is InChI=1S/C14H24N2O4.C13H22N2O5.C8H14O.C7H13NO4.CH3F.Li.H2O/c1-8(2)12(15-14(19)20-5)13(18)16-9(3)6-7-11(16)10(4)17;1-7(2)10(14-13(19)20-4)11(16)15-8(3)5-6-9(15)12(17)18;1-6-3-4-8(5-6)7(2)9;1-4(2)5(6(9)10)8-7(11)12-3;1-2;;/h8-9,11-12H,6-7H2,1-5H3,(H,15,19);7-10H,5-6H2,1-4H3,(H,14,19)(H,17,18);6,8H,3-5H2,1-2H3;4-5H,1-3H3,(H,8,11)(H,9,10);1H3;;1H2/q;;;;;+1;/p-1/t9-,11-,12-;8-,9-,10-;6-,8+;5-;;;/m0000.../s1/i;;;;1D;;. The van der Waals surface area contributed by atoms with E-state index in [9.17, 15) is 52.6 Å². The molecule has 0 aromatic rings. The number of halogens is 1. The molecule has 5 amide bonds. The van der Waals surface area contributed by atoms with Crippen LogP contribution >= 0.6 is 0 Å². The fourth-order valence-corrected chi connectivity index (χ4v) is 7.35. The minimum Gasteiger partial charge on any atom is -0.870 e. The maximum absolute atomic E-state index is 12.7. The summed E-state index contributed by atoms with van der Waals surface area (Å²) in [6.45, 7) is 19.9. The maximum Gasteiger partial charge on any atom is 1.00 e. The Hall–Kier alpha value is -4.48. The Morgan fingerprint density at radius 3 is 1.18 bits per heavy atom. The molecule has 2 aliphatic heterocycles. The average Bonchev–Trinajstić information content (AvgIpc) is 3.95. The quantitative estimate of drug-likeness (QED) is 0.138. The van der Waals surface area contributed by atoms with Crippen LogP contribution in [0.3, 0.4) is 0 Å². The van der Waals surface area contributed by atoms with Crippen LogP contribution in [0.25, 0.3) is 0 Å². The number of carbonyl (C=O) groups is 9. The van der Waals surface area contributed by atoms with Crippen molar-refractivity contribution in [2.24, 2.45) is 29.6 Å². The van der Waals surface area contributed by atoms with Gasteiger partial charge in [-0.15, -0.1) is 0 Å². The first kappa shape index (κ1) is 64.8. The van der Waals surface area contributed by atoms with Crippen molar-refractivity contribution >= 4 is 53.6 Å². The van der Waals surface area contributed by atoms with Crippen molar-refractivity contribution in [3.05, 3.63) is 0 Å². The van der Waals surface area contributed by atoms with Crippen LogP contribution in [0.1, 0.15) is 122 Å². The summed E-state index contributed by atoms with van der Waals surface area (Å²) in [6, 6.07) is -3.69. The number of carbonyl (C=O) groups excluding carboxylic acids is 7. The zero-order chi connectivity index (χ0) is 50.2. The molecule has 22 heteroatoms. The molecule has 6 N–H and O–H groups in total. The number of amides is 5. The average molecular weight is 931 g/mol. The minimum atomic E-state index is -1.06. The van der Waals surface area contributed by atoms with Crippen LogP contribution in [0.5, 0.6) is 0 Å². The Morgan fingerprint density at radius 1 is 0.600 bits per heavy atom. The van der Waals surface area contributed by atoms with Gasteiger partial charge >= 0.3 is 49.1 Å². The zero-order valence-electron chi connectivity index (χ0n) is 42.1. The Morgan fingerprint density at radius 2 is 0.938 bits per heavy atom. The molecule has 2 heterocycles. The SMILES string of the molecule is CC(=O)[C@@H]1CC[C@H](C)C1.COC(=O)N[C@H](C(=O)N1[C@@H](C)CC[C@H]1C(=O)O)C(C)C.COC(=O)N[C@H](C(=O)N1[C@@H](C)CC[C@H]1C(C)=O)C(C)C.COC(=O)N[C@H](C(=O)O)C(C)C.[2H]CF.[Li+].[OH-]. The molecule has 0 radical (unpaired) electrons. The number of methoxy groups -OCH3 is 3. The number of nitrogens with one attached hydrogen (secondary N) is 3. The van der Waals surface area contributed by atoms with Gasteiger partial charge in [0.05, 0.1) is 35.9 Å². The number of carboxylic acid groups (broad SMARTS) is 2. The molecule has 3 rings (SSSR count). The first-order valence-electron chi connectivity index (χ1n) is 21.9. The molecule has 0 unspecified atom stereocenters. The molecule has 65 heavy (non-hydrogen) atoms. The van der Waals surface area contributed by atoms with Gasteiger partial charge in [0.1, 0.15) is 30.0 Å². The normalized spacial score (nSPS) is 21.9. The number of hydrogen-bond donors (Lipinski definition) is 5. The Balaban J connectivity index is -0.000000392. The van der Waals surface area contributed by atoms with Crippen molar-refractivity contribution < 1.29 is 97.7 Å². The predicted octanol–water partition coefficient (Wildman–Crippen LogP) is 2.04. The zero-order valence-corrected chi connectivity index (χ0v) is 41.1. The molecule has 372 valence electrons. The van der Waals surface area contributed by atoms with Gasteiger partial charge in [-0.1, -0.05) is 48.5 Å². The van der Waals surface area contributed by atoms with Gasteiger partial charge in [-0.2, -0.15) is 0 Å². The van der Waals surface area contributed by atoms with Gasteiger partial charge in [0.25, 0.3) is 0 Å². The fraction of sp³-hybridized carbons (Fsp3) is 0.791. The number of alkyl halides is 1. The van der Waals surface area contributed by atoms with Crippen LogP contribution < -0.4 is 34.8 Å². The number of likely N-dealkylation sites (tertiary alicyclic amines) is 2. The van der Waals surface area contributed by atoms with E-state index in [0.29, 0.717) is 31.0 Å². The van der Waals surface area contributed by atoms with E-state index < -0.39 is 61.5 Å². The Labute approximate surface area is 397 Å². The number of ketones is 2. The summed E-state index contributed by atoms with van der Waals surface area (Å²) in [4.78, 5) is 106. The number of aliphatic carboxylic acids is 2. The third-order valence-electron chi connectivity index (χ3n) is 11.0. The largest absolute Gasteiger partial charge is 1.00 e. The number of Topliss-reactive ketones (excluding diaryl/α,β-unsaturated/α-hetero) is 2. The number of hydrogen-bond acceptors (Lipinski definition) is 13. The predicted molar refractivity (Wildman–Crippen MR) is 233 cm³/mol. The van der Waals surface area contributed by atoms with Crippen LogP contribution in [-0.2, 0) is 43.0 Å². The molecule has 2 saturated heterocycles. The van der Waals surface area contributed by atoms with Crippen molar-refractivity contribution in [2.75, 3.05) is 28.5 Å². The molecule has 3 aliphatic rings. The monoisotopic (exact) mass is 931 g/mol. The number of ether oxygens (including phenoxy) is 3. The second-order valence-electron chi connectivity index (χ2n) is 17.0. The number of alkyl carbamates (subject to hydrolysis) is 3. The van der Waals surface area contributed by atoms with Gasteiger partial charge in [-0.25, -0.2) is 24.0 Å². The third-order valence-corrected chi connectivity index (χ3v) is 11.0. The van der Waals surface area contributed by atoms with E-state index in [1.807, 2.05) is 27.7 Å². The summed E-state index contributed by atoms with van der Waals surface area (Å²) in [5, 5.41) is 25.1. The first-order valence-corrected chi connectivity index (χ1v) is 21.2. The summed E-state index contributed by atoms with van der Waals surface area (Å²) in [6.07, 6.45) is 4.03. The van der Waals surface area contributed by atoms with Crippen LogP contribution in [0.4, 0.5) is 18.8 Å². The van der Waals surface area contributed by atoms with Crippen LogP contribution in [-0.4, -0.2) is 150 Å². The molecule has 9 atom stereocenters. The van der Waals surface area contributed by atoms with E-state index in [2.05, 4.69) is 37.1 Å². The van der Waals surface area contributed by atoms with Gasteiger partial charge in [0, 0.05) is 18.0 Å². The molecule has 20 nitrogen and oxygen atoms in total. The smallest absolute Gasteiger partial charge is 0.870 e. The Bertz CT molecular complexity index is 1470. The molecule has 1 aliphatic carbocycles. The maximum atomic E-state index is 12.7. The van der Waals surface area contributed by atoms with Crippen molar-refractivity contribution in [3.63, 3.8) is 0 Å². The fourth-order valence-electron chi connectivity index (χ4n) is 7.35. The van der Waals surface area contributed by atoms with Crippen LogP contribution in [0, 0.1) is 29.6 Å². The molecule has 0 spiro atoms. The molecular formula is C43H77FLiN5O15. The van der Waals surface area contributed by atoms with E-state index in [0.717, 1.165) is 25.2 Å². The minimum absolute atomic E-state index is 0. The van der Waals surface area contributed by atoms with E-state index in [-0.39, 0.29) is 77.8 Å². The van der Waals surface area contributed by atoms with Crippen molar-refractivity contribution in [1.82, 2.24) is 25.8 Å². The summed E-state index contributed by atoms with van der Waals surface area (Å²) < 4.78 is 28.8. The summed E-state index contributed by atoms with van der Waals surface area (Å²) in [7, 11) is 2.67. The van der Waals surface area contributed by atoms with Crippen LogP contribution in [0.2, 0.25) is 0 Å². The van der Waals surface area contributed by atoms with Crippen LogP contribution in [0.15, 0.2) is 0 Å². The number of carboxylic acids is 2. The van der Waals surface area contributed by atoms with E-state index in [1.165, 1.54) is 39.6 Å². The molecule has 0 bridgehead atoms. The molecule has 3 fully saturated rings. The molecule has 0 aromatic heterocycles. The second kappa shape index (κ2) is 33.9. The van der Waals surface area contributed by atoms with Gasteiger partial charge in [0.15, 0.2) is 5.78 Å². The van der Waals surface area contributed by atoms with Crippen molar-refractivity contribution in [3.8, 4) is 0 Å². The third kappa shape index (κ3) is 23.0. The van der Waals surface area contributed by atoms with Gasteiger partial charge in [-0.3, -0.25) is 23.6 Å². The number of nitrogens with zero attached hydrogens (tertiary/aromatic N) is 2. The molecule has 1 saturated carbocycles. The van der Waals surface area contributed by atoms with Gasteiger partial charge in [-0.05, 0) is 96.3 Å². The van der Waals surface area contributed by atoms with Gasteiger partial charge < -0.3 is 55.7 Å². The van der Waals surface area contributed by atoms with E-state index in [1.54, 1.807) is 39.5 Å². The van der Waals surface area contributed by atoms with Crippen molar-refractivity contribution in [1.29, 1.82) is 0 Å². The Kier molecular flexibility index (Phi) is 33.8. The topological polar surface area (TPSA) is 294 Å². The molecule has 0 aromatic carbocycles. The van der Waals surface area contributed by atoms with E-state index in [4.69, 9.17) is 6.48 Å². The number of rotatable bonds is 12. The summed E-state index contributed by atoms with van der Waals surface area (Å²) in [5.41, 5.74) is 0. The molecular weight excluding hydrogens is 852 g/mol. The first-order chi connectivity index (χ1) is 29.7. The summed E-state index contributed by atoms with van der Waals surface area (Å²) >= 11 is 0. The van der Waals surface area contributed by atoms with Gasteiger partial charge in [0.2, 0.25) is 11.8 Å². The summed E-state index contributed by atoms with van der Waals surface area (Å²) in [5.74, 6) is -1.49. The van der Waals surface area contributed by atoms with Crippen molar-refractivity contribution in [2.45, 2.75) is 163 Å².